The molecule has 1 atom stereocenters. The molecule has 0 radical (unpaired) electrons. The fraction of sp³-hybridized carbons (Fsp3) is 0.227. The van der Waals surface area contributed by atoms with Crippen LogP contribution in [0.5, 0.6) is 5.75 Å². The first-order chi connectivity index (χ1) is 15.8. The SMILES string of the molecule is CC1CN(S(=O)(=O)c2cccc(C(F)(F)F)c2)c2cc(-c3cccc(C(F)(F)F)n3)ccc2O1. The van der Waals surface area contributed by atoms with Gasteiger partial charge in [-0.3, -0.25) is 4.31 Å². The van der Waals surface area contributed by atoms with Gasteiger partial charge >= 0.3 is 12.4 Å². The van der Waals surface area contributed by atoms with Crippen LogP contribution in [-0.2, 0) is 22.4 Å². The van der Waals surface area contributed by atoms with Crippen LogP contribution in [0.3, 0.4) is 0 Å². The van der Waals surface area contributed by atoms with Crippen LogP contribution < -0.4 is 9.04 Å². The zero-order chi connectivity index (χ0) is 24.9. The molecule has 0 aliphatic carbocycles. The summed E-state index contributed by atoms with van der Waals surface area (Å²) >= 11 is 0. The molecule has 0 N–H and O–H groups in total. The second kappa shape index (κ2) is 8.19. The van der Waals surface area contributed by atoms with Gasteiger partial charge in [0.1, 0.15) is 17.5 Å². The number of aromatic nitrogens is 1. The summed E-state index contributed by atoms with van der Waals surface area (Å²) in [6.07, 6.45) is -10.1. The first kappa shape index (κ1) is 23.9. The summed E-state index contributed by atoms with van der Waals surface area (Å²) < 4.78 is 112. The van der Waals surface area contributed by atoms with Gasteiger partial charge in [-0.15, -0.1) is 0 Å². The van der Waals surface area contributed by atoms with Crippen molar-refractivity contribution in [2.24, 2.45) is 0 Å². The second-order valence-electron chi connectivity index (χ2n) is 7.58. The van der Waals surface area contributed by atoms with E-state index in [1.807, 2.05) is 0 Å². The van der Waals surface area contributed by atoms with Crippen LogP contribution in [0.15, 0.2) is 65.6 Å². The molecule has 0 amide bonds. The smallest absolute Gasteiger partial charge is 0.433 e. The Morgan fingerprint density at radius 2 is 1.65 bits per heavy atom. The Morgan fingerprint density at radius 1 is 0.941 bits per heavy atom. The fourth-order valence-corrected chi connectivity index (χ4v) is 5.09. The van der Waals surface area contributed by atoms with Crippen LogP contribution in [-0.4, -0.2) is 26.1 Å². The second-order valence-corrected chi connectivity index (χ2v) is 9.44. The minimum Gasteiger partial charge on any atom is -0.487 e. The average Bonchev–Trinajstić information content (AvgIpc) is 2.77. The number of ether oxygens (including phenoxy) is 1. The number of rotatable bonds is 3. The van der Waals surface area contributed by atoms with Gasteiger partial charge in [0.15, 0.2) is 0 Å². The number of halogens is 6. The van der Waals surface area contributed by atoms with Gasteiger partial charge in [-0.05, 0) is 55.5 Å². The summed E-state index contributed by atoms with van der Waals surface area (Å²) in [7, 11) is -4.47. The van der Waals surface area contributed by atoms with Crippen molar-refractivity contribution in [2.75, 3.05) is 10.8 Å². The molecule has 1 aliphatic heterocycles. The first-order valence-corrected chi connectivity index (χ1v) is 11.3. The molecular formula is C22H16F6N2O3S. The molecule has 1 aromatic heterocycles. The number of fused-ring (bicyclic) bond motifs is 1. The van der Waals surface area contributed by atoms with Crippen molar-refractivity contribution >= 4 is 15.7 Å². The van der Waals surface area contributed by atoms with Crippen molar-refractivity contribution in [1.29, 1.82) is 0 Å². The highest BCUT2D eigenvalue weighted by molar-refractivity contribution is 7.92. The molecular weight excluding hydrogens is 486 g/mol. The van der Waals surface area contributed by atoms with Crippen molar-refractivity contribution in [3.8, 4) is 17.0 Å². The summed E-state index contributed by atoms with van der Waals surface area (Å²) in [4.78, 5) is 3.02. The molecule has 180 valence electrons. The van der Waals surface area contributed by atoms with Crippen LogP contribution in [0.4, 0.5) is 32.0 Å². The van der Waals surface area contributed by atoms with Crippen LogP contribution in [0.1, 0.15) is 18.2 Å². The maximum absolute atomic E-state index is 13.3. The van der Waals surface area contributed by atoms with Gasteiger partial charge in [0, 0.05) is 5.56 Å². The normalized spacial score (nSPS) is 16.7. The van der Waals surface area contributed by atoms with Gasteiger partial charge in [0.25, 0.3) is 10.0 Å². The number of pyridine rings is 1. The quantitative estimate of drug-likeness (QED) is 0.427. The van der Waals surface area contributed by atoms with Gasteiger partial charge in [-0.2, -0.15) is 26.3 Å². The average molecular weight is 502 g/mol. The monoisotopic (exact) mass is 502 g/mol. The van der Waals surface area contributed by atoms with Gasteiger partial charge < -0.3 is 4.74 Å². The van der Waals surface area contributed by atoms with E-state index >= 15 is 0 Å². The predicted octanol–water partition coefficient (Wildman–Crippen LogP) is 5.76. The summed E-state index contributed by atoms with van der Waals surface area (Å²) in [5.74, 6) is 0.116. The third-order valence-corrected chi connectivity index (χ3v) is 6.84. The van der Waals surface area contributed by atoms with E-state index in [1.54, 1.807) is 6.92 Å². The molecule has 3 aromatic rings. The number of hydrogen-bond acceptors (Lipinski definition) is 4. The largest absolute Gasteiger partial charge is 0.487 e. The van der Waals surface area contributed by atoms with E-state index in [0.29, 0.717) is 6.07 Å². The number of alkyl halides is 6. The molecule has 1 unspecified atom stereocenters. The van der Waals surface area contributed by atoms with Crippen molar-refractivity contribution in [3.63, 3.8) is 0 Å². The molecule has 2 aromatic carbocycles. The predicted molar refractivity (Wildman–Crippen MR) is 111 cm³/mol. The van der Waals surface area contributed by atoms with E-state index in [2.05, 4.69) is 4.98 Å². The lowest BCUT2D eigenvalue weighted by molar-refractivity contribution is -0.141. The zero-order valence-corrected chi connectivity index (χ0v) is 18.2. The molecule has 0 spiro atoms. The van der Waals surface area contributed by atoms with E-state index in [0.717, 1.165) is 28.6 Å². The third-order valence-electron chi connectivity index (χ3n) is 5.06. The highest BCUT2D eigenvalue weighted by atomic mass is 32.2. The molecule has 0 saturated heterocycles. The Bertz CT molecular complexity index is 1340. The minimum absolute atomic E-state index is 0.0211. The lowest BCUT2D eigenvalue weighted by Gasteiger charge is -2.34. The van der Waals surface area contributed by atoms with Gasteiger partial charge in [-0.25, -0.2) is 13.4 Å². The van der Waals surface area contributed by atoms with Crippen molar-refractivity contribution < 1.29 is 39.5 Å². The van der Waals surface area contributed by atoms with E-state index < -0.39 is 44.6 Å². The number of anilines is 1. The zero-order valence-electron chi connectivity index (χ0n) is 17.4. The number of benzene rings is 2. The molecule has 2 heterocycles. The summed E-state index contributed by atoms with van der Waals surface area (Å²) in [5, 5.41) is 0. The fourth-order valence-electron chi connectivity index (χ4n) is 3.50. The van der Waals surface area contributed by atoms with Gasteiger partial charge in [0.2, 0.25) is 0 Å². The van der Waals surface area contributed by atoms with E-state index in [4.69, 9.17) is 4.74 Å². The Labute approximate surface area is 190 Å². The maximum atomic E-state index is 13.3. The molecule has 0 fully saturated rings. The standard InChI is InChI=1S/C22H16F6N2O3S/c1-13-12-30(34(31,32)16-5-2-4-15(11-16)21(23,24)25)18-10-14(8-9-19(18)33-13)17-6-3-7-20(29-17)22(26,27)28/h2-11,13H,12H2,1H3. The molecule has 0 saturated carbocycles. The van der Waals surface area contributed by atoms with Crippen LogP contribution in [0.2, 0.25) is 0 Å². The van der Waals surface area contributed by atoms with Crippen molar-refractivity contribution in [2.45, 2.75) is 30.3 Å². The lowest BCUT2D eigenvalue weighted by atomic mass is 10.1. The molecule has 0 bridgehead atoms. The summed E-state index contributed by atoms with van der Waals surface area (Å²) in [6, 6.07) is 10.7. The van der Waals surface area contributed by atoms with Crippen LogP contribution >= 0.6 is 0 Å². The van der Waals surface area contributed by atoms with Gasteiger partial charge in [-0.1, -0.05) is 12.1 Å². The van der Waals surface area contributed by atoms with Crippen molar-refractivity contribution in [1.82, 2.24) is 4.98 Å². The number of sulfonamides is 1. The Kier molecular flexibility index (Phi) is 5.75. The third kappa shape index (κ3) is 4.54. The highest BCUT2D eigenvalue weighted by Crippen LogP contribution is 2.40. The summed E-state index contributed by atoms with van der Waals surface area (Å²) in [6.45, 7) is 1.37. The Morgan fingerprint density at radius 3 is 2.32 bits per heavy atom. The van der Waals surface area contributed by atoms with Gasteiger partial charge in [0.05, 0.1) is 28.4 Å². The molecule has 12 heteroatoms. The van der Waals surface area contributed by atoms with Crippen LogP contribution in [0.25, 0.3) is 11.3 Å². The molecule has 1 aliphatic rings. The van der Waals surface area contributed by atoms with Crippen molar-refractivity contribution in [3.05, 3.63) is 71.9 Å². The Hall–Kier alpha value is -3.28. The topological polar surface area (TPSA) is 59.5 Å². The lowest BCUT2D eigenvalue weighted by Crippen LogP contribution is -2.42. The molecule has 5 nitrogen and oxygen atoms in total. The first-order valence-electron chi connectivity index (χ1n) is 9.82. The summed E-state index contributed by atoms with van der Waals surface area (Å²) in [5.41, 5.74) is -2.16. The van der Waals surface area contributed by atoms with Crippen LogP contribution in [0, 0.1) is 0 Å². The maximum Gasteiger partial charge on any atom is 0.433 e. The van der Waals surface area contributed by atoms with E-state index in [-0.39, 0.29) is 29.2 Å². The number of hydrogen-bond donors (Lipinski definition) is 0. The number of nitrogens with zero attached hydrogens (tertiary/aromatic N) is 2. The minimum atomic E-state index is -4.75. The van der Waals surface area contributed by atoms with E-state index in [1.165, 1.54) is 30.3 Å². The molecule has 4 rings (SSSR count). The molecule has 34 heavy (non-hydrogen) atoms. The van der Waals surface area contributed by atoms with E-state index in [9.17, 15) is 34.8 Å². The Balaban J connectivity index is 1.81. The highest BCUT2D eigenvalue weighted by Gasteiger charge is 2.37.